The van der Waals surface area contributed by atoms with Gasteiger partial charge in [-0.05, 0) is 31.0 Å². The van der Waals surface area contributed by atoms with Crippen LogP contribution in [0.5, 0.6) is 0 Å². The van der Waals surface area contributed by atoms with Gasteiger partial charge in [0.1, 0.15) is 6.04 Å². The molecule has 1 atom stereocenters. The Labute approximate surface area is 139 Å². The fourth-order valence-corrected chi connectivity index (χ4v) is 3.79. The first-order chi connectivity index (χ1) is 11.8. The number of pyridine rings is 1. The molecule has 3 aromatic rings. The summed E-state index contributed by atoms with van der Waals surface area (Å²) >= 11 is 0. The van der Waals surface area contributed by atoms with E-state index in [1.165, 1.54) is 0 Å². The fraction of sp³-hybridized carbons (Fsp3) is 0.389. The van der Waals surface area contributed by atoms with Crippen LogP contribution < -0.4 is 0 Å². The number of imidazole rings is 1. The van der Waals surface area contributed by atoms with Gasteiger partial charge >= 0.3 is 0 Å². The molecule has 1 N–H and O–H groups in total. The molecule has 0 aromatic carbocycles. The maximum absolute atomic E-state index is 13.0. The van der Waals surface area contributed by atoms with Crippen molar-refractivity contribution in [1.29, 1.82) is 0 Å². The van der Waals surface area contributed by atoms with Crippen LogP contribution in [0.4, 0.5) is 0 Å². The van der Waals surface area contributed by atoms with E-state index in [0.717, 1.165) is 54.8 Å². The van der Waals surface area contributed by atoms with Gasteiger partial charge in [0.05, 0.1) is 23.2 Å². The first-order valence-corrected chi connectivity index (χ1v) is 8.58. The third-order valence-electron chi connectivity index (χ3n) is 5.33. The quantitative estimate of drug-likeness (QED) is 0.788. The summed E-state index contributed by atoms with van der Waals surface area (Å²) < 4.78 is 1.86. The first-order valence-electron chi connectivity index (χ1n) is 8.58. The van der Waals surface area contributed by atoms with Crippen molar-refractivity contribution in [3.63, 3.8) is 0 Å². The molecule has 1 amide bonds. The van der Waals surface area contributed by atoms with Crippen LogP contribution in [0.3, 0.4) is 0 Å². The average molecular weight is 321 g/mol. The maximum Gasteiger partial charge on any atom is 0.226 e. The van der Waals surface area contributed by atoms with Crippen LogP contribution in [0.25, 0.3) is 5.52 Å². The van der Waals surface area contributed by atoms with Crippen molar-refractivity contribution < 1.29 is 4.79 Å². The number of nitrogens with zero attached hydrogens (tertiary/aromatic N) is 4. The summed E-state index contributed by atoms with van der Waals surface area (Å²) in [5, 5.41) is 4.72. The first kappa shape index (κ1) is 13.8. The highest BCUT2D eigenvalue weighted by atomic mass is 16.2. The molecule has 1 aliphatic carbocycles. The minimum atomic E-state index is -0.187. The zero-order valence-electron chi connectivity index (χ0n) is 13.4. The lowest BCUT2D eigenvalue weighted by molar-refractivity contribution is -0.140. The van der Waals surface area contributed by atoms with Gasteiger partial charge in [0.15, 0.2) is 0 Å². The van der Waals surface area contributed by atoms with Crippen molar-refractivity contribution in [1.82, 2.24) is 24.5 Å². The number of hydrogen-bond donors (Lipinski definition) is 1. The Morgan fingerprint density at radius 2 is 2.21 bits per heavy atom. The molecule has 5 rings (SSSR count). The normalized spacial score (nSPS) is 20.8. The van der Waals surface area contributed by atoms with Gasteiger partial charge in [-0.3, -0.25) is 4.79 Å². The van der Waals surface area contributed by atoms with Crippen LogP contribution in [-0.2, 0) is 11.2 Å². The lowest BCUT2D eigenvalue weighted by Gasteiger charge is -2.38. The van der Waals surface area contributed by atoms with Gasteiger partial charge in [-0.25, -0.2) is 9.50 Å². The molecule has 1 fully saturated rings. The second-order valence-electron chi connectivity index (χ2n) is 6.72. The number of H-pyrrole nitrogens is 1. The van der Waals surface area contributed by atoms with Crippen molar-refractivity contribution in [3.05, 3.63) is 53.9 Å². The van der Waals surface area contributed by atoms with Gasteiger partial charge in [0.2, 0.25) is 5.91 Å². The van der Waals surface area contributed by atoms with Crippen LogP contribution >= 0.6 is 0 Å². The molecule has 1 aliphatic heterocycles. The molecule has 4 heterocycles. The third kappa shape index (κ3) is 1.99. The van der Waals surface area contributed by atoms with Crippen molar-refractivity contribution in [2.75, 3.05) is 6.54 Å². The molecule has 122 valence electrons. The summed E-state index contributed by atoms with van der Waals surface area (Å²) in [6.45, 7) is 0.725. The summed E-state index contributed by atoms with van der Waals surface area (Å²) in [6.07, 6.45) is 7.69. The van der Waals surface area contributed by atoms with Gasteiger partial charge in [0.25, 0.3) is 0 Å². The lowest BCUT2D eigenvalue weighted by Crippen LogP contribution is -2.45. The second kappa shape index (κ2) is 5.19. The summed E-state index contributed by atoms with van der Waals surface area (Å²) in [6, 6.07) is 7.87. The second-order valence-corrected chi connectivity index (χ2v) is 6.72. The SMILES string of the molecule is O=C(C1CCC1)N1CCc2[nH]cnc2C1c1cc2ccccn2n1. The summed E-state index contributed by atoms with van der Waals surface area (Å²) in [7, 11) is 0. The molecule has 24 heavy (non-hydrogen) atoms. The average Bonchev–Trinajstić information content (AvgIpc) is 3.18. The summed E-state index contributed by atoms with van der Waals surface area (Å²) in [5.41, 5.74) is 3.99. The van der Waals surface area contributed by atoms with E-state index < -0.39 is 0 Å². The van der Waals surface area contributed by atoms with Crippen LogP contribution in [0.15, 0.2) is 36.8 Å². The molecular formula is C18H19N5O. The molecule has 0 bridgehead atoms. The van der Waals surface area contributed by atoms with E-state index in [4.69, 9.17) is 5.10 Å². The predicted molar refractivity (Wildman–Crippen MR) is 88.4 cm³/mol. The minimum Gasteiger partial charge on any atom is -0.348 e. The summed E-state index contributed by atoms with van der Waals surface area (Å²) in [5.74, 6) is 0.446. The van der Waals surface area contributed by atoms with Gasteiger partial charge in [-0.1, -0.05) is 12.5 Å². The fourth-order valence-electron chi connectivity index (χ4n) is 3.79. The number of carbonyl (C=O) groups excluding carboxylic acids is 1. The molecule has 2 aliphatic rings. The Kier molecular flexibility index (Phi) is 2.98. The third-order valence-corrected chi connectivity index (χ3v) is 5.33. The highest BCUT2D eigenvalue weighted by Gasteiger charge is 2.39. The minimum absolute atomic E-state index is 0.185. The molecule has 3 aromatic heterocycles. The lowest BCUT2D eigenvalue weighted by atomic mass is 9.83. The maximum atomic E-state index is 13.0. The highest BCUT2D eigenvalue weighted by Crippen LogP contribution is 2.37. The number of carbonyl (C=O) groups is 1. The molecular weight excluding hydrogens is 302 g/mol. The van der Waals surface area contributed by atoms with E-state index in [-0.39, 0.29) is 17.9 Å². The van der Waals surface area contributed by atoms with Crippen molar-refractivity contribution >= 4 is 11.4 Å². The van der Waals surface area contributed by atoms with Gasteiger partial charge in [0, 0.05) is 30.8 Å². The van der Waals surface area contributed by atoms with Crippen LogP contribution in [-0.4, -0.2) is 36.9 Å². The number of hydrogen-bond acceptors (Lipinski definition) is 3. The number of aromatic nitrogens is 4. The van der Waals surface area contributed by atoms with Crippen molar-refractivity contribution in [2.45, 2.75) is 31.7 Å². The topological polar surface area (TPSA) is 66.3 Å². The number of rotatable bonds is 2. The van der Waals surface area contributed by atoms with E-state index in [2.05, 4.69) is 16.0 Å². The number of nitrogens with one attached hydrogen (secondary N) is 1. The standard InChI is InChI=1S/C18H19N5O/c24-18(12-4-3-5-12)22-9-7-14-16(20-11-19-14)17(22)15-10-13-6-1-2-8-23(13)21-15/h1-2,6,8,10-12,17H,3-5,7,9H2,(H,19,20). The number of fused-ring (bicyclic) bond motifs is 2. The Morgan fingerprint density at radius 1 is 1.29 bits per heavy atom. The zero-order chi connectivity index (χ0) is 16.1. The molecule has 1 saturated carbocycles. The molecule has 1 unspecified atom stereocenters. The van der Waals surface area contributed by atoms with Gasteiger partial charge in [-0.2, -0.15) is 5.10 Å². The number of aromatic amines is 1. The Morgan fingerprint density at radius 3 is 3.00 bits per heavy atom. The Bertz CT molecular complexity index is 874. The van der Waals surface area contributed by atoms with Crippen LogP contribution in [0, 0.1) is 5.92 Å². The van der Waals surface area contributed by atoms with E-state index in [1.54, 1.807) is 6.33 Å². The highest BCUT2D eigenvalue weighted by molar-refractivity contribution is 5.80. The van der Waals surface area contributed by atoms with Crippen LogP contribution in [0.1, 0.15) is 42.4 Å². The molecule has 0 saturated heterocycles. The van der Waals surface area contributed by atoms with Crippen molar-refractivity contribution in [3.8, 4) is 0 Å². The van der Waals surface area contributed by atoms with E-state index >= 15 is 0 Å². The van der Waals surface area contributed by atoms with Gasteiger partial charge in [-0.15, -0.1) is 0 Å². The monoisotopic (exact) mass is 321 g/mol. The van der Waals surface area contributed by atoms with E-state index in [1.807, 2.05) is 33.8 Å². The Balaban J connectivity index is 1.61. The van der Waals surface area contributed by atoms with Crippen LogP contribution in [0.2, 0.25) is 0 Å². The molecule has 0 radical (unpaired) electrons. The largest absolute Gasteiger partial charge is 0.348 e. The van der Waals surface area contributed by atoms with Crippen molar-refractivity contribution in [2.24, 2.45) is 5.92 Å². The van der Waals surface area contributed by atoms with E-state index in [9.17, 15) is 4.79 Å². The smallest absolute Gasteiger partial charge is 0.226 e. The molecule has 6 nitrogen and oxygen atoms in total. The van der Waals surface area contributed by atoms with Gasteiger partial charge < -0.3 is 9.88 Å². The summed E-state index contributed by atoms with van der Waals surface area (Å²) in [4.78, 5) is 22.7. The predicted octanol–water partition coefficient (Wildman–Crippen LogP) is 2.33. The zero-order valence-corrected chi connectivity index (χ0v) is 13.4. The Hall–Kier alpha value is -2.63. The number of amides is 1. The molecule has 0 spiro atoms. The van der Waals surface area contributed by atoms with E-state index in [0.29, 0.717) is 0 Å². The molecule has 6 heteroatoms.